The minimum Gasteiger partial charge on any atom is -0.479 e. The largest absolute Gasteiger partial charge is 0.479 e. The minimum absolute atomic E-state index is 0.241. The van der Waals surface area contributed by atoms with Gasteiger partial charge >= 0.3 is 5.97 Å². The zero-order chi connectivity index (χ0) is 18.3. The van der Waals surface area contributed by atoms with Gasteiger partial charge in [-0.25, -0.2) is 14.2 Å². The van der Waals surface area contributed by atoms with Gasteiger partial charge in [-0.3, -0.25) is 4.90 Å². The first-order valence-corrected chi connectivity index (χ1v) is 8.67. The van der Waals surface area contributed by atoms with Crippen LogP contribution in [0.3, 0.4) is 0 Å². The van der Waals surface area contributed by atoms with E-state index >= 15 is 0 Å². The molecule has 1 aromatic carbocycles. The Morgan fingerprint density at radius 3 is 2.77 bits per heavy atom. The fraction of sp³-hybridized carbons (Fsp3) is 0.368. The number of fused-ring (bicyclic) bond motifs is 1. The number of nitrogens with zero attached hydrogens (tertiary/aromatic N) is 4. The molecule has 4 rings (SSSR count). The molecule has 0 unspecified atom stereocenters. The van der Waals surface area contributed by atoms with Crippen LogP contribution in [0.15, 0.2) is 43.1 Å². The standard InChI is InChI=1S/C19H21FN4O2/c1-22-11-14(16-3-2-15(20)10-17(16)22)12-23-7-4-19(5-8-23,18(25)26)24-9-6-21-13-24/h2-3,6,9-11,13H,4-5,7-8,12H2,1H3,(H,25,26). The average molecular weight is 356 g/mol. The van der Waals surface area contributed by atoms with Gasteiger partial charge in [0.25, 0.3) is 0 Å². The van der Waals surface area contributed by atoms with Crippen molar-refractivity contribution in [1.29, 1.82) is 0 Å². The predicted octanol–water partition coefficient (Wildman–Crippen LogP) is 2.59. The van der Waals surface area contributed by atoms with Crippen molar-refractivity contribution in [2.45, 2.75) is 24.9 Å². The van der Waals surface area contributed by atoms with E-state index in [1.807, 2.05) is 23.9 Å². The molecule has 0 atom stereocenters. The maximum Gasteiger partial charge on any atom is 0.330 e. The Labute approximate surface area is 150 Å². The number of aryl methyl sites for hydroxylation is 1. The van der Waals surface area contributed by atoms with E-state index < -0.39 is 11.5 Å². The zero-order valence-corrected chi connectivity index (χ0v) is 14.6. The molecule has 0 radical (unpaired) electrons. The van der Waals surface area contributed by atoms with Crippen LogP contribution in [0.2, 0.25) is 0 Å². The van der Waals surface area contributed by atoms with Crippen LogP contribution < -0.4 is 0 Å². The Hall–Kier alpha value is -2.67. The summed E-state index contributed by atoms with van der Waals surface area (Å²) in [6.07, 6.45) is 8.01. The number of hydrogen-bond donors (Lipinski definition) is 1. The SMILES string of the molecule is Cn1cc(CN2CCC(C(=O)O)(n3ccnc3)CC2)c2ccc(F)cc21. The molecule has 136 valence electrons. The van der Waals surface area contributed by atoms with E-state index in [2.05, 4.69) is 9.88 Å². The predicted molar refractivity (Wildman–Crippen MR) is 95.2 cm³/mol. The number of imidazole rings is 1. The molecule has 1 fully saturated rings. The van der Waals surface area contributed by atoms with Gasteiger partial charge in [0, 0.05) is 50.7 Å². The average Bonchev–Trinajstić information content (AvgIpc) is 3.25. The van der Waals surface area contributed by atoms with Crippen LogP contribution in [0.25, 0.3) is 10.9 Å². The highest BCUT2D eigenvalue weighted by atomic mass is 19.1. The lowest BCUT2D eigenvalue weighted by Gasteiger charge is -2.39. The first-order chi connectivity index (χ1) is 12.5. The first kappa shape index (κ1) is 16.8. The highest BCUT2D eigenvalue weighted by molar-refractivity contribution is 5.84. The Morgan fingerprint density at radius 2 is 2.12 bits per heavy atom. The number of aliphatic carboxylic acids is 1. The summed E-state index contributed by atoms with van der Waals surface area (Å²) in [5.41, 5.74) is 1.08. The summed E-state index contributed by atoms with van der Waals surface area (Å²) in [7, 11) is 1.91. The van der Waals surface area contributed by atoms with Gasteiger partial charge in [-0.1, -0.05) is 0 Å². The number of carboxylic acids is 1. The Morgan fingerprint density at radius 1 is 1.35 bits per heavy atom. The summed E-state index contributed by atoms with van der Waals surface area (Å²) in [6, 6.07) is 4.84. The van der Waals surface area contributed by atoms with Crippen molar-refractivity contribution in [2.75, 3.05) is 13.1 Å². The zero-order valence-electron chi connectivity index (χ0n) is 14.6. The van der Waals surface area contributed by atoms with E-state index in [1.54, 1.807) is 29.4 Å². The summed E-state index contributed by atoms with van der Waals surface area (Å²) >= 11 is 0. The second-order valence-corrected chi connectivity index (χ2v) is 7.01. The second kappa shape index (κ2) is 6.25. The molecule has 3 aromatic rings. The van der Waals surface area contributed by atoms with E-state index in [0.717, 1.165) is 23.0 Å². The molecule has 6 nitrogen and oxygen atoms in total. The number of carboxylic acid groups (broad SMARTS) is 1. The van der Waals surface area contributed by atoms with Crippen LogP contribution in [0.5, 0.6) is 0 Å². The summed E-state index contributed by atoms with van der Waals surface area (Å²) in [5.74, 6) is -1.05. The first-order valence-electron chi connectivity index (χ1n) is 8.67. The molecular formula is C19H21FN4O2. The van der Waals surface area contributed by atoms with Crippen LogP contribution in [0.4, 0.5) is 4.39 Å². The lowest BCUT2D eigenvalue weighted by atomic mass is 9.87. The quantitative estimate of drug-likeness (QED) is 0.780. The normalized spacial score (nSPS) is 17.6. The van der Waals surface area contributed by atoms with Gasteiger partial charge in [-0.05, 0) is 36.6 Å². The number of piperidine rings is 1. The Kier molecular flexibility index (Phi) is 4.03. The number of likely N-dealkylation sites (tertiary alicyclic amines) is 1. The lowest BCUT2D eigenvalue weighted by molar-refractivity contribution is -0.150. The topological polar surface area (TPSA) is 63.3 Å². The van der Waals surface area contributed by atoms with Crippen molar-refractivity contribution in [3.63, 3.8) is 0 Å². The van der Waals surface area contributed by atoms with E-state index in [0.29, 0.717) is 25.9 Å². The molecule has 2 aromatic heterocycles. The number of aromatic nitrogens is 3. The molecule has 0 bridgehead atoms. The van der Waals surface area contributed by atoms with E-state index in [9.17, 15) is 14.3 Å². The molecule has 1 N–H and O–H groups in total. The molecule has 0 saturated carbocycles. The van der Waals surface area contributed by atoms with Gasteiger partial charge in [0.1, 0.15) is 11.4 Å². The molecule has 7 heteroatoms. The maximum atomic E-state index is 13.5. The fourth-order valence-corrected chi connectivity index (χ4v) is 3.98. The van der Waals surface area contributed by atoms with Crippen molar-refractivity contribution < 1.29 is 14.3 Å². The minimum atomic E-state index is -0.922. The molecule has 0 spiro atoms. The van der Waals surface area contributed by atoms with Gasteiger partial charge in [-0.2, -0.15) is 0 Å². The molecule has 26 heavy (non-hydrogen) atoms. The molecule has 1 saturated heterocycles. The summed E-state index contributed by atoms with van der Waals surface area (Å²) < 4.78 is 17.1. The lowest BCUT2D eigenvalue weighted by Crippen LogP contribution is -2.50. The van der Waals surface area contributed by atoms with Crippen LogP contribution in [0.1, 0.15) is 18.4 Å². The third kappa shape index (κ3) is 2.68. The Balaban J connectivity index is 1.53. The molecule has 1 aliphatic heterocycles. The number of rotatable bonds is 4. The molecule has 0 amide bonds. The number of halogens is 1. The Bertz CT molecular complexity index is 940. The monoisotopic (exact) mass is 356 g/mol. The number of hydrogen-bond acceptors (Lipinski definition) is 3. The van der Waals surface area contributed by atoms with Crippen molar-refractivity contribution in [1.82, 2.24) is 19.0 Å². The van der Waals surface area contributed by atoms with Crippen molar-refractivity contribution in [3.05, 3.63) is 54.5 Å². The summed E-state index contributed by atoms with van der Waals surface area (Å²) in [6.45, 7) is 2.09. The summed E-state index contributed by atoms with van der Waals surface area (Å²) in [4.78, 5) is 18.2. The molecular weight excluding hydrogens is 335 g/mol. The van der Waals surface area contributed by atoms with Gasteiger partial charge in [0.05, 0.1) is 11.8 Å². The molecule has 1 aliphatic rings. The third-order valence-corrected chi connectivity index (χ3v) is 5.51. The van der Waals surface area contributed by atoms with Gasteiger partial charge in [-0.15, -0.1) is 0 Å². The van der Waals surface area contributed by atoms with E-state index in [1.165, 1.54) is 6.07 Å². The number of carbonyl (C=O) groups is 1. The van der Waals surface area contributed by atoms with Crippen LogP contribution in [-0.4, -0.2) is 43.2 Å². The van der Waals surface area contributed by atoms with Crippen molar-refractivity contribution in [2.24, 2.45) is 7.05 Å². The van der Waals surface area contributed by atoms with Crippen molar-refractivity contribution in [3.8, 4) is 0 Å². The third-order valence-electron chi connectivity index (χ3n) is 5.51. The molecule has 0 aliphatic carbocycles. The highest BCUT2D eigenvalue weighted by Crippen LogP contribution is 2.32. The van der Waals surface area contributed by atoms with Gasteiger partial charge in [0.2, 0.25) is 0 Å². The van der Waals surface area contributed by atoms with Gasteiger partial charge < -0.3 is 14.2 Å². The van der Waals surface area contributed by atoms with Crippen LogP contribution in [-0.2, 0) is 23.9 Å². The van der Waals surface area contributed by atoms with Crippen LogP contribution in [0, 0.1) is 5.82 Å². The smallest absolute Gasteiger partial charge is 0.330 e. The fourth-order valence-electron chi connectivity index (χ4n) is 3.98. The highest BCUT2D eigenvalue weighted by Gasteiger charge is 2.43. The van der Waals surface area contributed by atoms with Gasteiger partial charge in [0.15, 0.2) is 0 Å². The number of benzene rings is 1. The maximum absolute atomic E-state index is 13.5. The molecule has 3 heterocycles. The second-order valence-electron chi connectivity index (χ2n) is 7.01. The van der Waals surface area contributed by atoms with E-state index in [4.69, 9.17) is 0 Å². The summed E-state index contributed by atoms with van der Waals surface area (Å²) in [5, 5.41) is 10.8. The van der Waals surface area contributed by atoms with Crippen molar-refractivity contribution >= 4 is 16.9 Å². The van der Waals surface area contributed by atoms with E-state index in [-0.39, 0.29) is 5.82 Å². The van der Waals surface area contributed by atoms with Crippen LogP contribution >= 0.6 is 0 Å².